The van der Waals surface area contributed by atoms with E-state index in [0.717, 1.165) is 12.8 Å². The molecule has 0 radical (unpaired) electrons. The molecule has 2 rings (SSSR count). The van der Waals surface area contributed by atoms with E-state index in [1.54, 1.807) is 24.3 Å². The van der Waals surface area contributed by atoms with Gasteiger partial charge in [0.1, 0.15) is 12.1 Å². The third-order valence-electron chi connectivity index (χ3n) is 4.76. The fourth-order valence-electron chi connectivity index (χ4n) is 3.37. The van der Waals surface area contributed by atoms with E-state index in [-0.39, 0.29) is 18.2 Å². The van der Waals surface area contributed by atoms with Crippen LogP contribution in [0.1, 0.15) is 70.2 Å². The molecule has 1 N–H and O–H groups in total. The van der Waals surface area contributed by atoms with E-state index < -0.39 is 11.7 Å². The normalized spacial score (nSPS) is 15.0. The number of Topliss-reactive ketones (excluding diaryl/α,β-unsaturated/α-hetero) is 1. The van der Waals surface area contributed by atoms with E-state index >= 15 is 0 Å². The number of carbonyl (C=O) groups excluding carboxylic acids is 3. The van der Waals surface area contributed by atoms with Gasteiger partial charge in [0.15, 0.2) is 5.78 Å². The second-order valence-electron chi connectivity index (χ2n) is 8.55. The zero-order chi connectivity index (χ0) is 20.7. The van der Waals surface area contributed by atoms with Crippen molar-refractivity contribution in [1.29, 1.82) is 0 Å². The summed E-state index contributed by atoms with van der Waals surface area (Å²) in [7, 11) is 0. The highest BCUT2D eigenvalue weighted by Crippen LogP contribution is 2.25. The predicted octanol–water partition coefficient (Wildman–Crippen LogP) is 4.65. The molecule has 1 saturated carbocycles. The largest absolute Gasteiger partial charge is 0.444 e. The van der Waals surface area contributed by atoms with Gasteiger partial charge in [-0.3, -0.25) is 14.5 Å². The number of anilines is 1. The van der Waals surface area contributed by atoms with E-state index in [1.807, 2.05) is 20.8 Å². The lowest BCUT2D eigenvalue weighted by Gasteiger charge is -2.31. The average Bonchev–Trinajstić information content (AvgIpc) is 2.61. The molecule has 0 bridgehead atoms. The number of nitrogens with one attached hydrogen (secondary N) is 1. The highest BCUT2D eigenvalue weighted by Gasteiger charge is 2.27. The van der Waals surface area contributed by atoms with Crippen molar-refractivity contribution < 1.29 is 19.1 Å². The van der Waals surface area contributed by atoms with Gasteiger partial charge in [-0.25, -0.2) is 4.79 Å². The Bertz CT molecular complexity index is 685. The Kier molecular flexibility index (Phi) is 7.61. The summed E-state index contributed by atoms with van der Waals surface area (Å²) in [5.74, 6) is 0.0996. The molecule has 1 aromatic rings. The summed E-state index contributed by atoms with van der Waals surface area (Å²) in [5.41, 5.74) is 0.573. The topological polar surface area (TPSA) is 75.7 Å². The Labute approximate surface area is 167 Å². The molecule has 0 heterocycles. The van der Waals surface area contributed by atoms with E-state index in [2.05, 4.69) is 5.32 Å². The Hall–Kier alpha value is -2.37. The predicted molar refractivity (Wildman–Crippen MR) is 109 cm³/mol. The zero-order valence-electron chi connectivity index (χ0n) is 17.4. The van der Waals surface area contributed by atoms with Gasteiger partial charge in [0.2, 0.25) is 5.91 Å². The number of ether oxygens (including phenoxy) is 1. The van der Waals surface area contributed by atoms with Crippen LogP contribution in [0.15, 0.2) is 24.3 Å². The molecular weight excluding hydrogens is 356 g/mol. The van der Waals surface area contributed by atoms with E-state index in [0.29, 0.717) is 23.7 Å². The maximum Gasteiger partial charge on any atom is 0.410 e. The van der Waals surface area contributed by atoms with Crippen molar-refractivity contribution >= 4 is 23.5 Å². The van der Waals surface area contributed by atoms with Crippen molar-refractivity contribution in [2.75, 3.05) is 18.4 Å². The number of hydrogen-bond donors (Lipinski definition) is 1. The first kappa shape index (κ1) is 21.9. The van der Waals surface area contributed by atoms with Crippen molar-refractivity contribution in [2.24, 2.45) is 5.92 Å². The molecule has 28 heavy (non-hydrogen) atoms. The smallest absolute Gasteiger partial charge is 0.410 e. The number of amides is 2. The minimum absolute atomic E-state index is 0.0264. The van der Waals surface area contributed by atoms with Gasteiger partial charge in [-0.1, -0.05) is 19.3 Å². The summed E-state index contributed by atoms with van der Waals surface area (Å²) in [5, 5.41) is 2.79. The molecule has 0 aliphatic heterocycles. The third kappa shape index (κ3) is 7.33. The van der Waals surface area contributed by atoms with Gasteiger partial charge >= 0.3 is 6.09 Å². The number of ketones is 1. The fourth-order valence-corrected chi connectivity index (χ4v) is 3.37. The van der Waals surface area contributed by atoms with Gasteiger partial charge in [0.25, 0.3) is 0 Å². The summed E-state index contributed by atoms with van der Waals surface area (Å²) in [6, 6.07) is 6.72. The Morgan fingerprint density at radius 3 is 2.21 bits per heavy atom. The molecule has 0 atom stereocenters. The number of benzene rings is 1. The standard InChI is InChI=1S/C22H32N2O4/c1-16(25)18-10-12-19(13-11-18)23-20(26)15-24(21(27)28-22(2,3)4)14-17-8-6-5-7-9-17/h10-13,17H,5-9,14-15H2,1-4H3,(H,23,26). The number of hydrogen-bond acceptors (Lipinski definition) is 4. The van der Waals surface area contributed by atoms with Crippen molar-refractivity contribution in [1.82, 2.24) is 4.90 Å². The first-order valence-corrected chi connectivity index (χ1v) is 10.0. The van der Waals surface area contributed by atoms with Crippen LogP contribution in [0.4, 0.5) is 10.5 Å². The lowest BCUT2D eigenvalue weighted by molar-refractivity contribution is -0.117. The monoisotopic (exact) mass is 388 g/mol. The molecule has 6 heteroatoms. The van der Waals surface area contributed by atoms with Gasteiger partial charge in [-0.2, -0.15) is 0 Å². The average molecular weight is 389 g/mol. The van der Waals surface area contributed by atoms with Crippen LogP contribution in [0.5, 0.6) is 0 Å². The summed E-state index contributed by atoms with van der Waals surface area (Å²) in [6.07, 6.45) is 5.27. The van der Waals surface area contributed by atoms with Crippen LogP contribution < -0.4 is 5.32 Å². The summed E-state index contributed by atoms with van der Waals surface area (Å²) < 4.78 is 5.50. The van der Waals surface area contributed by atoms with Gasteiger partial charge in [0.05, 0.1) is 0 Å². The Morgan fingerprint density at radius 1 is 1.07 bits per heavy atom. The van der Waals surface area contributed by atoms with Gasteiger partial charge in [-0.15, -0.1) is 0 Å². The van der Waals surface area contributed by atoms with Gasteiger partial charge in [0, 0.05) is 17.8 Å². The van der Waals surface area contributed by atoms with E-state index in [9.17, 15) is 14.4 Å². The second kappa shape index (κ2) is 9.71. The van der Waals surface area contributed by atoms with Gasteiger partial charge in [-0.05, 0) is 70.7 Å². The van der Waals surface area contributed by atoms with E-state index in [1.165, 1.54) is 31.1 Å². The zero-order valence-corrected chi connectivity index (χ0v) is 17.4. The van der Waals surface area contributed by atoms with E-state index in [4.69, 9.17) is 4.74 Å². The molecular formula is C22H32N2O4. The van der Waals surface area contributed by atoms with Gasteiger partial charge < -0.3 is 10.1 Å². The highest BCUT2D eigenvalue weighted by molar-refractivity contribution is 5.96. The molecule has 154 valence electrons. The van der Waals surface area contributed by atoms with Crippen LogP contribution >= 0.6 is 0 Å². The van der Waals surface area contributed by atoms with Crippen molar-refractivity contribution in [2.45, 2.75) is 65.4 Å². The maximum atomic E-state index is 12.6. The minimum atomic E-state index is -0.610. The first-order valence-electron chi connectivity index (χ1n) is 10.0. The molecule has 0 spiro atoms. The van der Waals surface area contributed by atoms with Crippen LogP contribution in [-0.4, -0.2) is 41.4 Å². The quantitative estimate of drug-likeness (QED) is 0.720. The fraction of sp³-hybridized carbons (Fsp3) is 0.591. The first-order chi connectivity index (χ1) is 13.1. The van der Waals surface area contributed by atoms with Crippen molar-refractivity contribution in [3.05, 3.63) is 29.8 Å². The maximum absolute atomic E-state index is 12.6. The highest BCUT2D eigenvalue weighted by atomic mass is 16.6. The number of nitrogens with zero attached hydrogens (tertiary/aromatic N) is 1. The second-order valence-corrected chi connectivity index (χ2v) is 8.55. The molecule has 1 aromatic carbocycles. The van der Waals surface area contributed by atoms with Crippen molar-refractivity contribution in [3.63, 3.8) is 0 Å². The van der Waals surface area contributed by atoms with Crippen LogP contribution in [0, 0.1) is 5.92 Å². The molecule has 0 saturated heterocycles. The van der Waals surface area contributed by atoms with Crippen LogP contribution in [0.3, 0.4) is 0 Å². The molecule has 1 aliphatic rings. The lowest BCUT2D eigenvalue weighted by Crippen LogP contribution is -2.44. The molecule has 2 amide bonds. The lowest BCUT2D eigenvalue weighted by atomic mass is 9.89. The van der Waals surface area contributed by atoms with Crippen LogP contribution in [0.2, 0.25) is 0 Å². The van der Waals surface area contributed by atoms with Crippen LogP contribution in [-0.2, 0) is 9.53 Å². The summed E-state index contributed by atoms with van der Waals surface area (Å²) >= 11 is 0. The summed E-state index contributed by atoms with van der Waals surface area (Å²) in [4.78, 5) is 38.0. The SMILES string of the molecule is CC(=O)c1ccc(NC(=O)CN(CC2CCCCC2)C(=O)OC(C)(C)C)cc1. The number of rotatable bonds is 6. The Balaban J connectivity index is 2.01. The minimum Gasteiger partial charge on any atom is -0.444 e. The van der Waals surface area contributed by atoms with Crippen LogP contribution in [0.25, 0.3) is 0 Å². The number of carbonyl (C=O) groups is 3. The Morgan fingerprint density at radius 2 is 1.68 bits per heavy atom. The molecule has 0 unspecified atom stereocenters. The molecule has 6 nitrogen and oxygen atoms in total. The molecule has 0 aromatic heterocycles. The summed E-state index contributed by atoms with van der Waals surface area (Å²) in [6.45, 7) is 7.43. The molecule has 1 fully saturated rings. The molecule has 1 aliphatic carbocycles. The van der Waals surface area contributed by atoms with Crippen molar-refractivity contribution in [3.8, 4) is 0 Å². The third-order valence-corrected chi connectivity index (χ3v) is 4.76.